The summed E-state index contributed by atoms with van der Waals surface area (Å²) in [7, 11) is 3.78. The van der Waals surface area contributed by atoms with Gasteiger partial charge in [0, 0.05) is 20.9 Å². The number of halogens is 2. The van der Waals surface area contributed by atoms with Crippen LogP contribution in [0.15, 0.2) is 29.0 Å². The molecule has 5 nitrogen and oxygen atoms in total. The summed E-state index contributed by atoms with van der Waals surface area (Å²) in [5.74, 6) is -0.515. The van der Waals surface area contributed by atoms with Gasteiger partial charge in [0.2, 0.25) is 0 Å². The van der Waals surface area contributed by atoms with Crippen molar-refractivity contribution >= 4 is 51.2 Å². The fourth-order valence-corrected chi connectivity index (χ4v) is 4.17. The van der Waals surface area contributed by atoms with Crippen LogP contribution in [0.3, 0.4) is 0 Å². The van der Waals surface area contributed by atoms with Crippen LogP contribution in [0.5, 0.6) is 0 Å². The van der Waals surface area contributed by atoms with E-state index in [1.165, 1.54) is 17.4 Å². The highest BCUT2D eigenvalue weighted by Crippen LogP contribution is 2.31. The summed E-state index contributed by atoms with van der Waals surface area (Å²) in [5.41, 5.74) is 0.555. The molecule has 0 bridgehead atoms. The maximum absolute atomic E-state index is 14.0. The summed E-state index contributed by atoms with van der Waals surface area (Å²) in [6.45, 7) is 1.12. The van der Waals surface area contributed by atoms with Crippen molar-refractivity contribution in [3.8, 4) is 0 Å². The molecule has 2 N–H and O–H groups in total. The van der Waals surface area contributed by atoms with Crippen LogP contribution < -0.4 is 5.32 Å². The molecule has 1 aromatic carbocycles. The molecule has 2 aromatic rings. The molecule has 25 heavy (non-hydrogen) atoms. The van der Waals surface area contributed by atoms with Gasteiger partial charge in [0.05, 0.1) is 30.0 Å². The largest absolute Gasteiger partial charge is 0.385 e. The smallest absolute Gasteiger partial charge is 0.257 e. The summed E-state index contributed by atoms with van der Waals surface area (Å²) in [6, 6.07) is 4.90. The van der Waals surface area contributed by atoms with Gasteiger partial charge in [-0.2, -0.15) is 0 Å². The topological polar surface area (TPSA) is 55.8 Å². The van der Waals surface area contributed by atoms with E-state index in [1.807, 2.05) is 41.6 Å². The molecule has 0 saturated carbocycles. The Labute approximate surface area is 163 Å². The summed E-state index contributed by atoms with van der Waals surface area (Å²) in [6.07, 6.45) is 0. The standard InChI is InChI=1S/C17H19FIN3O2S/c1-21(2)8-17(24)9-22(10-17)16(23)12-6-25-7-15(12)20-14-4-3-11(19)5-13(14)18/h3-7,20,24H,8-10H2,1-2H3. The molecule has 0 aliphatic carbocycles. The molecule has 0 spiro atoms. The number of benzene rings is 1. The van der Waals surface area contributed by atoms with Crippen LogP contribution >= 0.6 is 33.9 Å². The summed E-state index contributed by atoms with van der Waals surface area (Å²) in [4.78, 5) is 16.2. The van der Waals surface area contributed by atoms with E-state index in [-0.39, 0.29) is 11.7 Å². The van der Waals surface area contributed by atoms with Crippen LogP contribution in [0.1, 0.15) is 10.4 Å². The van der Waals surface area contributed by atoms with Crippen molar-refractivity contribution in [2.45, 2.75) is 5.60 Å². The zero-order valence-electron chi connectivity index (χ0n) is 13.9. The lowest BCUT2D eigenvalue weighted by Gasteiger charge is -2.47. The van der Waals surface area contributed by atoms with Gasteiger partial charge in [-0.15, -0.1) is 11.3 Å². The Morgan fingerprint density at radius 3 is 2.76 bits per heavy atom. The fraction of sp³-hybridized carbons (Fsp3) is 0.353. The van der Waals surface area contributed by atoms with Gasteiger partial charge >= 0.3 is 0 Å². The molecular weight excluding hydrogens is 456 g/mol. The number of likely N-dealkylation sites (tertiary alicyclic amines) is 1. The molecule has 1 aromatic heterocycles. The molecule has 0 unspecified atom stereocenters. The molecule has 0 atom stereocenters. The molecule has 0 radical (unpaired) electrons. The van der Waals surface area contributed by atoms with E-state index in [2.05, 4.69) is 5.32 Å². The number of carbonyl (C=O) groups excluding carboxylic acids is 1. The molecule has 1 amide bonds. The second kappa shape index (κ2) is 7.18. The average molecular weight is 475 g/mol. The SMILES string of the molecule is CN(C)CC1(O)CN(C(=O)c2cscc2Nc2ccc(I)cc2F)C1. The molecule has 134 valence electrons. The second-order valence-corrected chi connectivity index (χ2v) is 8.56. The van der Waals surface area contributed by atoms with Gasteiger partial charge in [-0.3, -0.25) is 4.79 Å². The third-order valence-corrected chi connectivity index (χ3v) is 5.38. The predicted octanol–water partition coefficient (Wildman–Crippen LogP) is 2.98. The molecule has 1 aliphatic rings. The number of hydrogen-bond donors (Lipinski definition) is 2. The van der Waals surface area contributed by atoms with Crippen LogP contribution in [-0.4, -0.2) is 60.1 Å². The third-order valence-electron chi connectivity index (χ3n) is 3.96. The number of carbonyl (C=O) groups is 1. The van der Waals surface area contributed by atoms with Crippen molar-refractivity contribution in [2.75, 3.05) is 39.0 Å². The van der Waals surface area contributed by atoms with Gasteiger partial charge in [-0.05, 0) is 54.9 Å². The molecule has 1 aliphatic heterocycles. The van der Waals surface area contributed by atoms with Crippen LogP contribution in [0.4, 0.5) is 15.8 Å². The maximum Gasteiger partial charge on any atom is 0.257 e. The van der Waals surface area contributed by atoms with Gasteiger partial charge in [-0.1, -0.05) is 0 Å². The average Bonchev–Trinajstić information content (AvgIpc) is 2.94. The Morgan fingerprint density at radius 2 is 2.12 bits per heavy atom. The van der Waals surface area contributed by atoms with Crippen molar-refractivity contribution in [1.29, 1.82) is 0 Å². The van der Waals surface area contributed by atoms with Crippen LogP contribution in [0.25, 0.3) is 0 Å². The monoisotopic (exact) mass is 475 g/mol. The Kier molecular flexibility index (Phi) is 5.33. The second-order valence-electron chi connectivity index (χ2n) is 6.57. The van der Waals surface area contributed by atoms with E-state index >= 15 is 0 Å². The molecule has 2 heterocycles. The highest BCUT2D eigenvalue weighted by atomic mass is 127. The highest BCUT2D eigenvalue weighted by Gasteiger charge is 2.44. The minimum absolute atomic E-state index is 0.155. The molecule has 8 heteroatoms. The minimum Gasteiger partial charge on any atom is -0.385 e. The van der Waals surface area contributed by atoms with Crippen LogP contribution in [-0.2, 0) is 0 Å². The summed E-state index contributed by atoms with van der Waals surface area (Å²) < 4.78 is 14.8. The molecular formula is C17H19FIN3O2S. The number of nitrogens with one attached hydrogen (secondary N) is 1. The van der Waals surface area contributed by atoms with E-state index in [0.29, 0.717) is 36.6 Å². The normalized spacial score (nSPS) is 16.0. The van der Waals surface area contributed by atoms with Gasteiger partial charge in [0.1, 0.15) is 11.4 Å². The number of rotatable bonds is 5. The number of nitrogens with zero attached hydrogens (tertiary/aromatic N) is 2. The Balaban J connectivity index is 1.71. The Bertz CT molecular complexity index is 790. The first-order valence-electron chi connectivity index (χ1n) is 7.72. The molecule has 1 saturated heterocycles. The van der Waals surface area contributed by atoms with E-state index in [0.717, 1.165) is 3.57 Å². The zero-order valence-corrected chi connectivity index (χ0v) is 16.9. The zero-order chi connectivity index (χ0) is 18.2. The third kappa shape index (κ3) is 4.13. The van der Waals surface area contributed by atoms with Gasteiger partial charge in [-0.25, -0.2) is 4.39 Å². The van der Waals surface area contributed by atoms with Crippen molar-refractivity contribution in [2.24, 2.45) is 0 Å². The number of likely N-dealkylation sites (N-methyl/N-ethyl adjacent to an activating group) is 1. The number of amides is 1. The first-order valence-corrected chi connectivity index (χ1v) is 9.74. The minimum atomic E-state index is -0.856. The first-order chi connectivity index (χ1) is 11.8. The Morgan fingerprint density at radius 1 is 1.40 bits per heavy atom. The van der Waals surface area contributed by atoms with E-state index in [1.54, 1.807) is 27.8 Å². The lowest BCUT2D eigenvalue weighted by atomic mass is 9.93. The van der Waals surface area contributed by atoms with Gasteiger partial charge in [0.15, 0.2) is 0 Å². The first kappa shape index (κ1) is 18.6. The van der Waals surface area contributed by atoms with E-state index in [4.69, 9.17) is 0 Å². The Hall–Kier alpha value is -1.23. The van der Waals surface area contributed by atoms with Gasteiger partial charge in [0.25, 0.3) is 5.91 Å². The van der Waals surface area contributed by atoms with Crippen LogP contribution in [0.2, 0.25) is 0 Å². The maximum atomic E-state index is 14.0. The quantitative estimate of drug-likeness (QED) is 0.654. The van der Waals surface area contributed by atoms with Crippen molar-refractivity contribution in [3.63, 3.8) is 0 Å². The fourth-order valence-electron chi connectivity index (χ4n) is 2.96. The lowest BCUT2D eigenvalue weighted by Crippen LogP contribution is -2.67. The number of β-amino-alcohol motifs (C(OH)–C–C–N with tert-alkyl or cyclic N) is 1. The summed E-state index contributed by atoms with van der Waals surface area (Å²) in [5, 5.41) is 16.9. The molecule has 3 rings (SSSR count). The predicted molar refractivity (Wildman–Crippen MR) is 106 cm³/mol. The van der Waals surface area contributed by atoms with E-state index in [9.17, 15) is 14.3 Å². The number of hydrogen-bond acceptors (Lipinski definition) is 5. The number of thiophene rings is 1. The van der Waals surface area contributed by atoms with Crippen LogP contribution in [0, 0.1) is 9.39 Å². The number of aliphatic hydroxyl groups is 1. The van der Waals surface area contributed by atoms with E-state index < -0.39 is 5.60 Å². The lowest BCUT2D eigenvalue weighted by molar-refractivity contribution is -0.0919. The van der Waals surface area contributed by atoms with Gasteiger partial charge < -0.3 is 20.2 Å². The van der Waals surface area contributed by atoms with Crippen molar-refractivity contribution < 1.29 is 14.3 Å². The highest BCUT2D eigenvalue weighted by molar-refractivity contribution is 14.1. The number of anilines is 2. The van der Waals surface area contributed by atoms with Crippen molar-refractivity contribution in [1.82, 2.24) is 9.80 Å². The summed E-state index contributed by atoms with van der Waals surface area (Å²) >= 11 is 3.43. The molecule has 1 fully saturated rings. The van der Waals surface area contributed by atoms with Crippen molar-refractivity contribution in [3.05, 3.63) is 43.9 Å².